The lowest BCUT2D eigenvalue weighted by Crippen LogP contribution is -2.55. The molecule has 1 rings (SSSR count). The predicted octanol–water partition coefficient (Wildman–Crippen LogP) is -0.668. The topological polar surface area (TPSA) is 52.7 Å². The Balaban J connectivity index is 2.34. The molecule has 0 aliphatic carbocycles. The Morgan fingerprint density at radius 2 is 2.21 bits per heavy atom. The molecule has 0 saturated carbocycles. The summed E-state index contributed by atoms with van der Waals surface area (Å²) in [5.41, 5.74) is 5.73. The van der Waals surface area contributed by atoms with Gasteiger partial charge in [0.2, 0.25) is 0 Å². The van der Waals surface area contributed by atoms with Gasteiger partial charge >= 0.3 is 0 Å². The largest absolute Gasteiger partial charge is 0.393 e. The van der Waals surface area contributed by atoms with Crippen LogP contribution in [0.4, 0.5) is 0 Å². The van der Waals surface area contributed by atoms with Crippen LogP contribution in [0.25, 0.3) is 0 Å². The standard InChI is InChI=1S/C10H23N3O/c1-9(14)3-4-13-6-5-12(2)8-10(13)7-11/h9-10,14H,3-8,11H2,1-2H3. The Bertz CT molecular complexity index is 163. The molecule has 0 aromatic heterocycles. The molecule has 1 heterocycles. The predicted molar refractivity (Wildman–Crippen MR) is 58.2 cm³/mol. The lowest BCUT2D eigenvalue weighted by atomic mass is 10.1. The maximum Gasteiger partial charge on any atom is 0.0524 e. The van der Waals surface area contributed by atoms with Crippen molar-refractivity contribution in [3.05, 3.63) is 0 Å². The van der Waals surface area contributed by atoms with Crippen LogP contribution in [-0.4, -0.2) is 66.8 Å². The van der Waals surface area contributed by atoms with E-state index < -0.39 is 0 Å². The highest BCUT2D eigenvalue weighted by Gasteiger charge is 2.23. The second-order valence-electron chi connectivity index (χ2n) is 4.33. The van der Waals surface area contributed by atoms with Crippen LogP contribution in [0.3, 0.4) is 0 Å². The van der Waals surface area contributed by atoms with Crippen LogP contribution in [0.15, 0.2) is 0 Å². The number of nitrogens with zero attached hydrogens (tertiary/aromatic N) is 2. The highest BCUT2D eigenvalue weighted by atomic mass is 16.3. The first-order chi connectivity index (χ1) is 6.63. The third-order valence-electron chi connectivity index (χ3n) is 2.91. The number of hydrogen-bond acceptors (Lipinski definition) is 4. The average molecular weight is 201 g/mol. The van der Waals surface area contributed by atoms with E-state index in [2.05, 4.69) is 16.8 Å². The fourth-order valence-electron chi connectivity index (χ4n) is 1.92. The van der Waals surface area contributed by atoms with Gasteiger partial charge in [-0.3, -0.25) is 4.90 Å². The van der Waals surface area contributed by atoms with E-state index in [1.807, 2.05) is 6.92 Å². The third-order valence-corrected chi connectivity index (χ3v) is 2.91. The Morgan fingerprint density at radius 1 is 1.50 bits per heavy atom. The lowest BCUT2D eigenvalue weighted by Gasteiger charge is -2.39. The van der Waals surface area contributed by atoms with Crippen molar-refractivity contribution < 1.29 is 5.11 Å². The van der Waals surface area contributed by atoms with Gasteiger partial charge in [0.1, 0.15) is 0 Å². The number of rotatable bonds is 4. The Kier molecular flexibility index (Phi) is 4.81. The van der Waals surface area contributed by atoms with Crippen LogP contribution in [-0.2, 0) is 0 Å². The zero-order valence-corrected chi connectivity index (χ0v) is 9.32. The molecule has 0 spiro atoms. The van der Waals surface area contributed by atoms with Gasteiger partial charge < -0.3 is 15.7 Å². The minimum atomic E-state index is -0.201. The van der Waals surface area contributed by atoms with Crippen molar-refractivity contribution in [3.63, 3.8) is 0 Å². The molecule has 0 amide bonds. The molecular formula is C10H23N3O. The highest BCUT2D eigenvalue weighted by molar-refractivity contribution is 4.81. The fraction of sp³-hybridized carbons (Fsp3) is 1.00. The molecule has 0 bridgehead atoms. The molecule has 0 aromatic carbocycles. The zero-order chi connectivity index (χ0) is 10.6. The maximum atomic E-state index is 9.23. The van der Waals surface area contributed by atoms with Gasteiger partial charge in [-0.05, 0) is 20.4 Å². The van der Waals surface area contributed by atoms with Crippen LogP contribution in [0.2, 0.25) is 0 Å². The molecule has 1 saturated heterocycles. The Morgan fingerprint density at radius 3 is 2.79 bits per heavy atom. The van der Waals surface area contributed by atoms with Crippen molar-refractivity contribution in [2.75, 3.05) is 39.8 Å². The quantitative estimate of drug-likeness (QED) is 0.633. The molecule has 3 N–H and O–H groups in total. The molecular weight excluding hydrogens is 178 g/mol. The van der Waals surface area contributed by atoms with Gasteiger partial charge in [-0.15, -0.1) is 0 Å². The zero-order valence-electron chi connectivity index (χ0n) is 9.32. The summed E-state index contributed by atoms with van der Waals surface area (Å²) in [4.78, 5) is 4.71. The van der Waals surface area contributed by atoms with E-state index in [9.17, 15) is 5.11 Å². The summed E-state index contributed by atoms with van der Waals surface area (Å²) in [7, 11) is 2.13. The first-order valence-electron chi connectivity index (χ1n) is 5.44. The number of likely N-dealkylation sites (N-methyl/N-ethyl adjacent to an activating group) is 1. The Hall–Kier alpha value is -0.160. The number of nitrogens with two attached hydrogens (primary N) is 1. The first-order valence-corrected chi connectivity index (χ1v) is 5.44. The monoisotopic (exact) mass is 201 g/mol. The van der Waals surface area contributed by atoms with Crippen LogP contribution >= 0.6 is 0 Å². The van der Waals surface area contributed by atoms with Gasteiger partial charge in [-0.1, -0.05) is 0 Å². The number of aliphatic hydroxyl groups excluding tert-OH is 1. The molecule has 4 heteroatoms. The van der Waals surface area contributed by atoms with E-state index in [1.165, 1.54) is 0 Å². The molecule has 0 radical (unpaired) electrons. The van der Waals surface area contributed by atoms with Gasteiger partial charge in [0, 0.05) is 38.8 Å². The summed E-state index contributed by atoms with van der Waals surface area (Å²) >= 11 is 0. The van der Waals surface area contributed by atoms with Crippen molar-refractivity contribution in [2.45, 2.75) is 25.5 Å². The van der Waals surface area contributed by atoms with E-state index in [0.29, 0.717) is 12.6 Å². The maximum absolute atomic E-state index is 9.23. The van der Waals surface area contributed by atoms with Gasteiger partial charge in [0.25, 0.3) is 0 Å². The van der Waals surface area contributed by atoms with E-state index in [1.54, 1.807) is 0 Å². The smallest absolute Gasteiger partial charge is 0.0524 e. The van der Waals surface area contributed by atoms with E-state index in [0.717, 1.165) is 32.6 Å². The van der Waals surface area contributed by atoms with Crippen molar-refractivity contribution in [2.24, 2.45) is 5.73 Å². The van der Waals surface area contributed by atoms with E-state index in [4.69, 9.17) is 5.73 Å². The lowest BCUT2D eigenvalue weighted by molar-refractivity contribution is 0.0765. The van der Waals surface area contributed by atoms with Crippen molar-refractivity contribution in [1.82, 2.24) is 9.80 Å². The Labute approximate surface area is 86.7 Å². The summed E-state index contributed by atoms with van der Waals surface area (Å²) in [5.74, 6) is 0. The van der Waals surface area contributed by atoms with Crippen LogP contribution in [0.1, 0.15) is 13.3 Å². The molecule has 2 atom stereocenters. The summed E-state index contributed by atoms with van der Waals surface area (Å²) in [5, 5.41) is 9.23. The number of hydrogen-bond donors (Lipinski definition) is 2. The summed E-state index contributed by atoms with van der Waals surface area (Å²) in [6.45, 7) is 6.75. The summed E-state index contributed by atoms with van der Waals surface area (Å²) in [6, 6.07) is 0.465. The molecule has 1 aliphatic rings. The average Bonchev–Trinajstić information content (AvgIpc) is 2.15. The molecule has 0 aromatic rings. The van der Waals surface area contributed by atoms with Crippen LogP contribution < -0.4 is 5.73 Å². The van der Waals surface area contributed by atoms with E-state index in [-0.39, 0.29) is 6.10 Å². The van der Waals surface area contributed by atoms with Gasteiger partial charge in [0.15, 0.2) is 0 Å². The number of piperazine rings is 1. The van der Waals surface area contributed by atoms with Crippen LogP contribution in [0, 0.1) is 0 Å². The third kappa shape index (κ3) is 3.53. The van der Waals surface area contributed by atoms with Crippen LogP contribution in [0.5, 0.6) is 0 Å². The first kappa shape index (κ1) is 11.9. The fourth-order valence-corrected chi connectivity index (χ4v) is 1.92. The molecule has 84 valence electrons. The molecule has 4 nitrogen and oxygen atoms in total. The van der Waals surface area contributed by atoms with Crippen molar-refractivity contribution in [1.29, 1.82) is 0 Å². The van der Waals surface area contributed by atoms with E-state index >= 15 is 0 Å². The van der Waals surface area contributed by atoms with Gasteiger partial charge in [-0.25, -0.2) is 0 Å². The van der Waals surface area contributed by atoms with Crippen molar-refractivity contribution >= 4 is 0 Å². The summed E-state index contributed by atoms with van der Waals surface area (Å²) < 4.78 is 0. The SMILES string of the molecule is CC(O)CCN1CCN(C)CC1CN. The molecule has 2 unspecified atom stereocenters. The normalized spacial score (nSPS) is 27.9. The molecule has 1 aliphatic heterocycles. The van der Waals surface area contributed by atoms with Gasteiger partial charge in [-0.2, -0.15) is 0 Å². The van der Waals surface area contributed by atoms with Gasteiger partial charge in [0.05, 0.1) is 6.10 Å². The molecule has 1 fully saturated rings. The highest BCUT2D eigenvalue weighted by Crippen LogP contribution is 2.08. The second kappa shape index (κ2) is 5.66. The minimum absolute atomic E-state index is 0.201. The van der Waals surface area contributed by atoms with Crippen molar-refractivity contribution in [3.8, 4) is 0 Å². The minimum Gasteiger partial charge on any atom is -0.393 e. The molecule has 14 heavy (non-hydrogen) atoms. The summed E-state index contributed by atoms with van der Waals surface area (Å²) in [6.07, 6.45) is 0.647. The number of aliphatic hydroxyl groups is 1. The second-order valence-corrected chi connectivity index (χ2v) is 4.33.